The molecule has 14 nitrogen and oxygen atoms in total. The number of esters is 1. The summed E-state index contributed by atoms with van der Waals surface area (Å²) in [5.74, 6) is -0.590. The van der Waals surface area contributed by atoms with E-state index < -0.39 is 43.6 Å². The number of ether oxygens (including phenoxy) is 2. The standard InChI is InChI=1S/C50H66IN7O7/c1-10-44(60)56-20-17-33(29-56)28-55(8)45(31(3)4)47(61)53-51-26-34-21-36(23-37(59)22-34)35-14-15-43-39(24-35)40(46(57(43)11-2)41-27-52-18-16-38(41)32(5)64-9)25-50(6,7)30-65-48(62)42-13-12-19-58(54-42)49(51)63/h10,14-16,18,21-24,27,31-33,42,45,54,59H,1,11-13,17,19-20,25-26,28-30H2,2-9H3,(H,53,61)/t32-,33+,42-,45-/m0/s1. The molecule has 0 saturated carbocycles. The Hall–Kier alpha value is -4.84. The first kappa shape index (κ1) is 48.1. The number of aryl methyl sites for hydroxylation is 1. The van der Waals surface area contributed by atoms with E-state index in [1.54, 1.807) is 30.3 Å². The van der Waals surface area contributed by atoms with Crippen LogP contribution in [0.1, 0.15) is 83.6 Å². The molecule has 15 heteroatoms. The summed E-state index contributed by atoms with van der Waals surface area (Å²) < 4.78 is 17.6. The van der Waals surface area contributed by atoms with Gasteiger partial charge in [-0.25, -0.2) is 0 Å². The third-order valence-electron chi connectivity index (χ3n) is 13.0. The maximum absolute atomic E-state index is 14.8. The predicted octanol–water partition coefficient (Wildman–Crippen LogP) is 8.05. The average Bonchev–Trinajstić information content (AvgIpc) is 3.88. The van der Waals surface area contributed by atoms with Crippen LogP contribution in [0.15, 0.2) is 67.5 Å². The van der Waals surface area contributed by atoms with Gasteiger partial charge in [0.1, 0.15) is 0 Å². The summed E-state index contributed by atoms with van der Waals surface area (Å²) in [7, 11) is 3.63. The van der Waals surface area contributed by atoms with Crippen LogP contribution in [0.3, 0.4) is 0 Å². The van der Waals surface area contributed by atoms with Gasteiger partial charge in [-0.15, -0.1) is 0 Å². The second-order valence-electron chi connectivity index (χ2n) is 18.9. The number of hydrogen-bond acceptors (Lipinski definition) is 10. The number of nitrogens with one attached hydrogen (secondary N) is 2. The summed E-state index contributed by atoms with van der Waals surface area (Å²) in [5, 5.41) is 13.9. The average molecular weight is 1000 g/mol. The molecule has 6 bridgehead atoms. The molecule has 0 unspecified atom stereocenters. The van der Waals surface area contributed by atoms with E-state index in [2.05, 4.69) is 64.1 Å². The zero-order valence-electron chi connectivity index (χ0n) is 39.2. The molecule has 2 fully saturated rings. The number of phenols is 1. The van der Waals surface area contributed by atoms with Crippen LogP contribution in [-0.4, -0.2) is 110 Å². The number of fused-ring (bicyclic) bond motifs is 6. The van der Waals surface area contributed by atoms with Gasteiger partial charge in [0.25, 0.3) is 0 Å². The van der Waals surface area contributed by atoms with Gasteiger partial charge in [-0.3, -0.25) is 0 Å². The zero-order valence-corrected chi connectivity index (χ0v) is 41.3. The van der Waals surface area contributed by atoms with Gasteiger partial charge in [-0.1, -0.05) is 0 Å². The quantitative estimate of drug-likeness (QED) is 0.0256. The van der Waals surface area contributed by atoms with Gasteiger partial charge in [0.05, 0.1) is 0 Å². The third-order valence-corrected chi connectivity index (χ3v) is 17.5. The van der Waals surface area contributed by atoms with Gasteiger partial charge >= 0.3 is 368 Å². The van der Waals surface area contributed by atoms with Gasteiger partial charge in [-0.05, 0) is 6.92 Å². The van der Waals surface area contributed by atoms with E-state index in [4.69, 9.17) is 9.47 Å². The number of methoxy groups -OCH3 is 1. The minimum absolute atomic E-state index is 0.0579. The number of carbonyl (C=O) groups excluding carboxylic acids is 4. The van der Waals surface area contributed by atoms with E-state index >= 15 is 0 Å². The summed E-state index contributed by atoms with van der Waals surface area (Å²) in [6.07, 6.45) is 7.31. The molecular formula is C50H66IN7O7. The number of halogens is 1. The Labute approximate surface area is 390 Å². The maximum atomic E-state index is 14.8. The fourth-order valence-corrected chi connectivity index (χ4v) is 13.9. The molecule has 2 aromatic carbocycles. The Morgan fingerprint density at radius 3 is 2.63 bits per heavy atom. The van der Waals surface area contributed by atoms with E-state index in [-0.39, 0.29) is 50.5 Å². The number of hydrazine groups is 1. The molecule has 5 heterocycles. The number of phenolic OH excluding ortho intramolecular Hbond substituents is 1. The summed E-state index contributed by atoms with van der Waals surface area (Å²) in [5.41, 5.74) is 10.2. The molecule has 0 spiro atoms. The number of hydrogen-bond donors (Lipinski definition) is 3. The van der Waals surface area contributed by atoms with Crippen molar-refractivity contribution in [3.8, 4) is 28.1 Å². The molecule has 0 aliphatic carbocycles. The zero-order chi connectivity index (χ0) is 46.7. The van der Waals surface area contributed by atoms with Crippen molar-refractivity contribution in [3.63, 3.8) is 0 Å². The number of pyridine rings is 1. The number of rotatable bonds is 11. The topological polar surface area (TPSA) is 159 Å². The fraction of sp³-hybridized carbons (Fsp3) is 0.500. The van der Waals surface area contributed by atoms with Crippen LogP contribution in [0.4, 0.5) is 4.79 Å². The van der Waals surface area contributed by atoms with Gasteiger partial charge < -0.3 is 4.74 Å². The fourth-order valence-electron chi connectivity index (χ4n) is 9.82. The van der Waals surface area contributed by atoms with Crippen LogP contribution in [0.5, 0.6) is 5.75 Å². The number of likely N-dealkylation sites (N-methyl/N-ethyl adjacent to an activating group) is 1. The summed E-state index contributed by atoms with van der Waals surface area (Å²) in [6, 6.07) is 12.5. The van der Waals surface area contributed by atoms with Gasteiger partial charge in [0, 0.05) is 13.3 Å². The van der Waals surface area contributed by atoms with Gasteiger partial charge in [0.2, 0.25) is 0 Å². The molecule has 350 valence electrons. The first-order valence-corrected chi connectivity index (χ1v) is 26.5. The molecule has 2 saturated heterocycles. The third kappa shape index (κ3) is 10.6. The molecule has 3 N–H and O–H groups in total. The molecular weight excluding hydrogens is 937 g/mol. The molecule has 7 rings (SSSR count). The van der Waals surface area contributed by atoms with E-state index in [0.29, 0.717) is 52.0 Å². The summed E-state index contributed by atoms with van der Waals surface area (Å²) in [6.45, 7) is 19.0. The number of alkyl halides is 1. The number of carbonyl (C=O) groups is 4. The number of amides is 3. The molecule has 3 aliphatic heterocycles. The van der Waals surface area contributed by atoms with E-state index in [0.717, 1.165) is 56.4 Å². The minimum atomic E-state index is -3.21. The second-order valence-corrected chi connectivity index (χ2v) is 23.2. The Morgan fingerprint density at radius 1 is 1.12 bits per heavy atom. The van der Waals surface area contributed by atoms with E-state index in [1.165, 1.54) is 11.1 Å². The van der Waals surface area contributed by atoms with E-state index in [1.807, 2.05) is 51.0 Å². The molecule has 0 radical (unpaired) electrons. The first-order valence-electron chi connectivity index (χ1n) is 22.8. The van der Waals surface area contributed by atoms with Crippen molar-refractivity contribution in [1.82, 2.24) is 33.3 Å². The Balaban J connectivity index is 1.30. The molecule has 3 aliphatic rings. The van der Waals surface area contributed by atoms with Crippen molar-refractivity contribution < 1.29 is 33.8 Å². The van der Waals surface area contributed by atoms with Crippen LogP contribution in [0.2, 0.25) is 0 Å². The first-order chi connectivity index (χ1) is 31.0. The number of aromatic nitrogens is 2. The van der Waals surface area contributed by atoms with Crippen molar-refractivity contribution in [1.29, 1.82) is 0 Å². The number of nitrogens with zero attached hydrogens (tertiary/aromatic N) is 5. The van der Waals surface area contributed by atoms with Gasteiger partial charge in [-0.2, -0.15) is 0 Å². The number of likely N-dealkylation sites (tertiary alicyclic amines) is 1. The number of cyclic esters (lactones) is 1. The molecule has 2 aromatic heterocycles. The van der Waals surface area contributed by atoms with Crippen molar-refractivity contribution in [2.75, 3.05) is 46.9 Å². The van der Waals surface area contributed by atoms with Crippen molar-refractivity contribution >= 4 is 52.7 Å². The number of benzene rings is 2. The summed E-state index contributed by atoms with van der Waals surface area (Å²) >= 11 is -3.21. The SMILES string of the molecule is C=CC(=O)N1CC[C@H](CN(C)[C@H](C(=O)NI2Cc3cc(O)cc(c3)-c3ccc4c(c3)c(c(-c3cnccc3[C@H](C)OC)n4CC)CC(C)(C)COC(=O)[C@@H]3CCCN(N3)C2=O)C(C)C)C1. The molecule has 3 amide bonds. The van der Waals surface area contributed by atoms with Crippen LogP contribution in [-0.2, 0) is 41.3 Å². The van der Waals surface area contributed by atoms with Crippen LogP contribution < -0.4 is 8.96 Å². The second kappa shape index (κ2) is 20.4. The Morgan fingerprint density at radius 2 is 1.91 bits per heavy atom. The van der Waals surface area contributed by atoms with E-state index in [9.17, 15) is 24.3 Å². The Bertz CT molecular complexity index is 2430. The molecule has 4 atom stereocenters. The van der Waals surface area contributed by atoms with Crippen LogP contribution in [0, 0.1) is 17.3 Å². The van der Waals surface area contributed by atoms with Crippen molar-refractivity contribution in [2.45, 2.75) is 96.4 Å². The Kier molecular flexibility index (Phi) is 15.1. The van der Waals surface area contributed by atoms with Gasteiger partial charge in [0.15, 0.2) is 0 Å². The van der Waals surface area contributed by atoms with Crippen LogP contribution >= 0.6 is 20.1 Å². The van der Waals surface area contributed by atoms with Crippen molar-refractivity contribution in [3.05, 3.63) is 84.2 Å². The monoisotopic (exact) mass is 1000 g/mol. The normalized spacial score (nSPS) is 20.7. The van der Waals surface area contributed by atoms with Crippen LogP contribution in [0.25, 0.3) is 33.3 Å². The summed E-state index contributed by atoms with van der Waals surface area (Å²) in [4.78, 5) is 64.0. The molecule has 4 aromatic rings. The number of aromatic hydroxyl groups is 1. The van der Waals surface area contributed by atoms with Crippen molar-refractivity contribution in [2.24, 2.45) is 17.3 Å². The molecule has 65 heavy (non-hydrogen) atoms. The predicted molar refractivity (Wildman–Crippen MR) is 262 cm³/mol.